The summed E-state index contributed by atoms with van der Waals surface area (Å²) in [5.41, 5.74) is 0.967. The molecule has 2 heterocycles. The topological polar surface area (TPSA) is 57.8 Å². The molecule has 4 heteroatoms. The molecule has 1 saturated heterocycles. The minimum atomic E-state index is 0.0802. The van der Waals surface area contributed by atoms with Crippen LogP contribution in [0.5, 0.6) is 0 Å². The fourth-order valence-electron chi connectivity index (χ4n) is 2.12. The van der Waals surface area contributed by atoms with Gasteiger partial charge in [-0.15, -0.1) is 0 Å². The highest BCUT2D eigenvalue weighted by atomic mass is 16.1. The Morgan fingerprint density at radius 2 is 2.07 bits per heavy atom. The average Bonchev–Trinajstić information content (AvgIpc) is 2.03. The molecule has 0 radical (unpaired) electrons. The van der Waals surface area contributed by atoms with E-state index in [1.54, 1.807) is 6.20 Å². The van der Waals surface area contributed by atoms with Gasteiger partial charge in [0.2, 0.25) is 0 Å². The summed E-state index contributed by atoms with van der Waals surface area (Å²) < 4.78 is 0. The first-order valence-corrected chi connectivity index (χ1v) is 5.64. The summed E-state index contributed by atoms with van der Waals surface area (Å²) in [5, 5.41) is 3.18. The van der Waals surface area contributed by atoms with E-state index in [2.05, 4.69) is 15.3 Å². The van der Waals surface area contributed by atoms with Crippen molar-refractivity contribution < 1.29 is 0 Å². The Morgan fingerprint density at radius 3 is 2.53 bits per heavy atom. The van der Waals surface area contributed by atoms with E-state index in [1.165, 1.54) is 6.42 Å². The largest absolute Gasteiger partial charge is 0.315 e. The first-order chi connectivity index (χ1) is 7.34. The van der Waals surface area contributed by atoms with Crippen molar-refractivity contribution in [3.05, 3.63) is 27.9 Å². The zero-order valence-corrected chi connectivity index (χ0v) is 8.62. The van der Waals surface area contributed by atoms with Gasteiger partial charge in [0, 0.05) is 30.8 Å². The van der Waals surface area contributed by atoms with Gasteiger partial charge in [-0.3, -0.25) is 4.79 Å². The molecule has 1 aromatic heterocycles. The molecule has 2 aliphatic rings. The van der Waals surface area contributed by atoms with Crippen LogP contribution in [0.3, 0.4) is 0 Å². The molecule has 1 aliphatic carbocycles. The van der Waals surface area contributed by atoms with Crippen molar-refractivity contribution in [1.82, 2.24) is 15.3 Å². The van der Waals surface area contributed by atoms with Crippen LogP contribution in [0.2, 0.25) is 0 Å². The Balaban J connectivity index is 1.88. The summed E-state index contributed by atoms with van der Waals surface area (Å²) in [6.07, 6.45) is 5.33. The van der Waals surface area contributed by atoms with Crippen molar-refractivity contribution in [2.45, 2.75) is 31.1 Å². The summed E-state index contributed by atoms with van der Waals surface area (Å²) in [6, 6.07) is 0. The van der Waals surface area contributed by atoms with Crippen LogP contribution in [0.15, 0.2) is 11.0 Å². The molecule has 4 nitrogen and oxygen atoms in total. The van der Waals surface area contributed by atoms with E-state index < -0.39 is 0 Å². The summed E-state index contributed by atoms with van der Waals surface area (Å²) >= 11 is 0. The zero-order chi connectivity index (χ0) is 10.3. The fraction of sp³-hybridized carbons (Fsp3) is 0.636. The van der Waals surface area contributed by atoms with E-state index in [0.717, 1.165) is 37.3 Å². The molecule has 0 amide bonds. The summed E-state index contributed by atoms with van der Waals surface area (Å²) in [6.45, 7) is 1.87. The second-order valence-corrected chi connectivity index (χ2v) is 4.54. The predicted octanol–water partition coefficient (Wildman–Crippen LogP) is 0.724. The van der Waals surface area contributed by atoms with Crippen molar-refractivity contribution in [2.75, 3.05) is 13.1 Å². The molecule has 15 heavy (non-hydrogen) atoms. The third-order valence-corrected chi connectivity index (χ3v) is 3.56. The smallest absolute Gasteiger partial charge is 0.254 e. The van der Waals surface area contributed by atoms with Gasteiger partial charge < -0.3 is 10.3 Å². The number of hydrogen-bond donors (Lipinski definition) is 2. The van der Waals surface area contributed by atoms with Crippen LogP contribution < -0.4 is 10.9 Å². The van der Waals surface area contributed by atoms with Gasteiger partial charge in [-0.05, 0) is 18.8 Å². The van der Waals surface area contributed by atoms with E-state index in [9.17, 15) is 4.79 Å². The maximum atomic E-state index is 11.8. The number of rotatable bonds is 2. The Kier molecular flexibility index (Phi) is 2.09. The van der Waals surface area contributed by atoms with Gasteiger partial charge in [-0.2, -0.15) is 0 Å². The predicted molar refractivity (Wildman–Crippen MR) is 57.1 cm³/mol. The van der Waals surface area contributed by atoms with Crippen LogP contribution in [0.4, 0.5) is 0 Å². The number of aromatic amines is 1. The minimum Gasteiger partial charge on any atom is -0.315 e. The van der Waals surface area contributed by atoms with Gasteiger partial charge in [0.25, 0.3) is 5.56 Å². The van der Waals surface area contributed by atoms with Crippen molar-refractivity contribution in [3.8, 4) is 0 Å². The Labute approximate surface area is 88.1 Å². The van der Waals surface area contributed by atoms with Crippen molar-refractivity contribution in [2.24, 2.45) is 0 Å². The second kappa shape index (κ2) is 3.45. The Morgan fingerprint density at radius 1 is 1.27 bits per heavy atom. The third-order valence-electron chi connectivity index (χ3n) is 3.56. The van der Waals surface area contributed by atoms with E-state index in [-0.39, 0.29) is 5.56 Å². The first kappa shape index (κ1) is 9.09. The minimum absolute atomic E-state index is 0.0802. The van der Waals surface area contributed by atoms with Crippen molar-refractivity contribution >= 4 is 0 Å². The molecule has 2 N–H and O–H groups in total. The molecule has 1 aliphatic heterocycles. The van der Waals surface area contributed by atoms with Gasteiger partial charge in [0.1, 0.15) is 5.82 Å². The molecule has 1 saturated carbocycles. The maximum Gasteiger partial charge on any atom is 0.254 e. The SMILES string of the molecule is O=c1[nH]c(C2CNC2)ncc1C1CCC1. The lowest BCUT2D eigenvalue weighted by Gasteiger charge is -2.27. The first-order valence-electron chi connectivity index (χ1n) is 5.64. The lowest BCUT2D eigenvalue weighted by atomic mass is 9.81. The molecular formula is C11H15N3O. The van der Waals surface area contributed by atoms with E-state index >= 15 is 0 Å². The van der Waals surface area contributed by atoms with Gasteiger partial charge in [-0.1, -0.05) is 6.42 Å². The molecule has 0 atom stereocenters. The molecule has 1 aromatic rings. The molecule has 3 rings (SSSR count). The standard InChI is InChI=1S/C11H15N3O/c15-11-9(7-2-1-3-7)6-13-10(14-11)8-4-12-5-8/h6-8,12H,1-5H2,(H,13,14,15). The van der Waals surface area contributed by atoms with Crippen molar-refractivity contribution in [1.29, 1.82) is 0 Å². The molecule has 0 aromatic carbocycles. The number of hydrogen-bond acceptors (Lipinski definition) is 3. The van der Waals surface area contributed by atoms with E-state index in [4.69, 9.17) is 0 Å². The molecular weight excluding hydrogens is 190 g/mol. The third kappa shape index (κ3) is 1.49. The number of aromatic nitrogens is 2. The highest BCUT2D eigenvalue weighted by Crippen LogP contribution is 2.34. The van der Waals surface area contributed by atoms with Gasteiger partial charge in [0.15, 0.2) is 0 Å². The summed E-state index contributed by atoms with van der Waals surface area (Å²) in [4.78, 5) is 19.1. The van der Waals surface area contributed by atoms with Crippen LogP contribution in [-0.4, -0.2) is 23.1 Å². The number of nitrogens with one attached hydrogen (secondary N) is 2. The highest BCUT2D eigenvalue weighted by molar-refractivity contribution is 5.16. The fourth-order valence-corrected chi connectivity index (χ4v) is 2.12. The molecule has 80 valence electrons. The lowest BCUT2D eigenvalue weighted by Crippen LogP contribution is -2.41. The molecule has 0 spiro atoms. The number of H-pyrrole nitrogens is 1. The van der Waals surface area contributed by atoms with Gasteiger partial charge in [-0.25, -0.2) is 4.98 Å². The molecule has 0 unspecified atom stereocenters. The average molecular weight is 205 g/mol. The van der Waals surface area contributed by atoms with Gasteiger partial charge >= 0.3 is 0 Å². The van der Waals surface area contributed by atoms with Crippen molar-refractivity contribution in [3.63, 3.8) is 0 Å². The van der Waals surface area contributed by atoms with Crippen LogP contribution in [-0.2, 0) is 0 Å². The normalized spacial score (nSPS) is 22.1. The Bertz CT molecular complexity index is 418. The molecule has 0 bridgehead atoms. The second-order valence-electron chi connectivity index (χ2n) is 4.54. The van der Waals surface area contributed by atoms with Crippen LogP contribution in [0.25, 0.3) is 0 Å². The van der Waals surface area contributed by atoms with Crippen LogP contribution in [0, 0.1) is 0 Å². The van der Waals surface area contributed by atoms with Gasteiger partial charge in [0.05, 0.1) is 0 Å². The zero-order valence-electron chi connectivity index (χ0n) is 8.62. The lowest BCUT2D eigenvalue weighted by molar-refractivity contribution is 0.408. The Hall–Kier alpha value is -1.16. The summed E-state index contributed by atoms with van der Waals surface area (Å²) in [5.74, 6) is 1.73. The monoisotopic (exact) mass is 205 g/mol. The maximum absolute atomic E-state index is 11.8. The van der Waals surface area contributed by atoms with Crippen LogP contribution in [0.1, 0.15) is 42.5 Å². The van der Waals surface area contributed by atoms with Crippen LogP contribution >= 0.6 is 0 Å². The quantitative estimate of drug-likeness (QED) is 0.748. The number of nitrogens with zero attached hydrogens (tertiary/aromatic N) is 1. The van der Waals surface area contributed by atoms with E-state index in [1.807, 2.05) is 0 Å². The summed E-state index contributed by atoms with van der Waals surface area (Å²) in [7, 11) is 0. The van der Waals surface area contributed by atoms with E-state index in [0.29, 0.717) is 11.8 Å². The molecule has 2 fully saturated rings. The highest BCUT2D eigenvalue weighted by Gasteiger charge is 2.25.